The van der Waals surface area contributed by atoms with Crippen molar-refractivity contribution >= 4 is 21.8 Å². The van der Waals surface area contributed by atoms with Crippen molar-refractivity contribution < 1.29 is 8.42 Å². The minimum atomic E-state index is -3.32. The molecule has 2 aromatic rings. The fourth-order valence-electron chi connectivity index (χ4n) is 2.98. The molecular formula is C18H21NO2S2. The molecule has 2 aromatic carbocycles. The molecule has 0 aliphatic carbocycles. The normalized spacial score (nSPS) is 24.1. The lowest BCUT2D eigenvalue weighted by molar-refractivity contribution is 0.161. The van der Waals surface area contributed by atoms with Crippen LogP contribution in [-0.4, -0.2) is 22.8 Å². The number of nitrogens with zero attached hydrogens (tertiary/aromatic N) is 1. The van der Waals surface area contributed by atoms with Gasteiger partial charge in [-0.1, -0.05) is 48.5 Å². The van der Waals surface area contributed by atoms with Gasteiger partial charge in [0, 0.05) is 10.4 Å². The van der Waals surface area contributed by atoms with E-state index >= 15 is 0 Å². The molecule has 0 saturated carbocycles. The highest BCUT2D eigenvalue weighted by Crippen LogP contribution is 2.52. The first-order valence-electron chi connectivity index (χ1n) is 7.62. The SMILES string of the molecule is CC(C)(C)N1[C@H](c2ccccc2)[C@H](Sc2ccccc2)S1(=O)=O. The number of sulfonamides is 1. The molecule has 1 aliphatic heterocycles. The third-order valence-electron chi connectivity index (χ3n) is 3.88. The van der Waals surface area contributed by atoms with Crippen molar-refractivity contribution in [2.45, 2.75) is 41.8 Å². The molecule has 0 radical (unpaired) electrons. The predicted molar refractivity (Wildman–Crippen MR) is 95.8 cm³/mol. The summed E-state index contributed by atoms with van der Waals surface area (Å²) in [5.41, 5.74) is 0.610. The molecule has 23 heavy (non-hydrogen) atoms. The predicted octanol–water partition coefficient (Wildman–Crippen LogP) is 4.29. The summed E-state index contributed by atoms with van der Waals surface area (Å²) in [5.74, 6) is 0. The molecule has 5 heteroatoms. The van der Waals surface area contributed by atoms with Gasteiger partial charge in [-0.25, -0.2) is 8.42 Å². The summed E-state index contributed by atoms with van der Waals surface area (Å²) in [5, 5.41) is 0. The topological polar surface area (TPSA) is 37.4 Å². The van der Waals surface area contributed by atoms with Crippen LogP contribution in [0.2, 0.25) is 0 Å². The zero-order valence-electron chi connectivity index (χ0n) is 13.5. The van der Waals surface area contributed by atoms with E-state index in [0.29, 0.717) is 0 Å². The molecule has 2 atom stereocenters. The van der Waals surface area contributed by atoms with E-state index in [-0.39, 0.29) is 6.04 Å². The molecule has 0 bridgehead atoms. The number of thioether (sulfide) groups is 1. The third-order valence-corrected chi connectivity index (χ3v) is 8.10. The average Bonchev–Trinajstić information content (AvgIpc) is 2.51. The van der Waals surface area contributed by atoms with Crippen molar-refractivity contribution in [2.24, 2.45) is 0 Å². The van der Waals surface area contributed by atoms with Crippen LogP contribution in [0, 0.1) is 0 Å². The molecule has 0 aromatic heterocycles. The summed E-state index contributed by atoms with van der Waals surface area (Å²) < 4.78 is 26.9. The number of benzene rings is 2. The summed E-state index contributed by atoms with van der Waals surface area (Å²) in [6.45, 7) is 5.84. The van der Waals surface area contributed by atoms with E-state index in [1.54, 1.807) is 4.31 Å². The Kier molecular flexibility index (Phi) is 4.29. The van der Waals surface area contributed by atoms with Gasteiger partial charge in [0.25, 0.3) is 0 Å². The molecule has 1 aliphatic rings. The summed E-state index contributed by atoms with van der Waals surface area (Å²) in [6.07, 6.45) is 0. The smallest absolute Gasteiger partial charge is 0.211 e. The zero-order valence-corrected chi connectivity index (χ0v) is 15.1. The van der Waals surface area contributed by atoms with Crippen LogP contribution in [-0.2, 0) is 10.0 Å². The molecule has 0 unspecified atom stereocenters. The van der Waals surface area contributed by atoms with Gasteiger partial charge in [0.2, 0.25) is 10.0 Å². The van der Waals surface area contributed by atoms with Crippen molar-refractivity contribution in [1.29, 1.82) is 0 Å². The van der Waals surface area contributed by atoms with Crippen LogP contribution in [0.4, 0.5) is 0 Å². The molecule has 3 nitrogen and oxygen atoms in total. The maximum absolute atomic E-state index is 12.9. The molecule has 122 valence electrons. The minimum Gasteiger partial charge on any atom is -0.211 e. The van der Waals surface area contributed by atoms with Crippen molar-refractivity contribution in [2.75, 3.05) is 0 Å². The molecular weight excluding hydrogens is 326 g/mol. The molecule has 1 saturated heterocycles. The number of hydrogen-bond donors (Lipinski definition) is 0. The van der Waals surface area contributed by atoms with Gasteiger partial charge in [0.1, 0.15) is 4.58 Å². The lowest BCUT2D eigenvalue weighted by Crippen LogP contribution is -2.63. The Balaban J connectivity index is 2.00. The fraction of sp³-hybridized carbons (Fsp3) is 0.333. The molecule has 1 fully saturated rings. The zero-order chi connectivity index (χ0) is 16.7. The summed E-state index contributed by atoms with van der Waals surface area (Å²) in [6, 6.07) is 19.5. The Labute approximate surface area is 142 Å². The van der Waals surface area contributed by atoms with Gasteiger partial charge in [-0.05, 0) is 38.5 Å². The van der Waals surface area contributed by atoms with Gasteiger partial charge >= 0.3 is 0 Å². The van der Waals surface area contributed by atoms with E-state index in [1.807, 2.05) is 81.4 Å². The Morgan fingerprint density at radius 1 is 0.913 bits per heavy atom. The monoisotopic (exact) mass is 347 g/mol. The van der Waals surface area contributed by atoms with Crippen LogP contribution in [0.3, 0.4) is 0 Å². The first-order chi connectivity index (χ1) is 10.8. The Morgan fingerprint density at radius 3 is 1.96 bits per heavy atom. The van der Waals surface area contributed by atoms with Crippen LogP contribution in [0.5, 0.6) is 0 Å². The average molecular weight is 348 g/mol. The highest BCUT2D eigenvalue weighted by atomic mass is 32.3. The van der Waals surface area contributed by atoms with E-state index in [0.717, 1.165) is 10.5 Å². The van der Waals surface area contributed by atoms with E-state index in [1.165, 1.54) is 11.8 Å². The van der Waals surface area contributed by atoms with E-state index < -0.39 is 20.1 Å². The largest absolute Gasteiger partial charge is 0.229 e. The Morgan fingerprint density at radius 2 is 1.43 bits per heavy atom. The maximum Gasteiger partial charge on any atom is 0.229 e. The van der Waals surface area contributed by atoms with Crippen molar-refractivity contribution in [3.05, 3.63) is 66.2 Å². The minimum absolute atomic E-state index is 0.133. The Bertz CT molecular complexity index is 768. The van der Waals surface area contributed by atoms with Gasteiger partial charge in [-0.2, -0.15) is 4.31 Å². The Hall–Kier alpha value is -1.30. The van der Waals surface area contributed by atoms with E-state index in [4.69, 9.17) is 0 Å². The second-order valence-electron chi connectivity index (χ2n) is 6.67. The first-order valence-corrected chi connectivity index (χ1v) is 10.00. The third kappa shape index (κ3) is 3.05. The highest BCUT2D eigenvalue weighted by Gasteiger charge is 2.58. The van der Waals surface area contributed by atoms with Crippen LogP contribution in [0.1, 0.15) is 32.4 Å². The lowest BCUT2D eigenvalue weighted by Gasteiger charge is -2.52. The second kappa shape index (κ2) is 5.96. The van der Waals surface area contributed by atoms with Crippen molar-refractivity contribution in [1.82, 2.24) is 4.31 Å². The summed E-state index contributed by atoms with van der Waals surface area (Å²) in [4.78, 5) is 0.982. The quantitative estimate of drug-likeness (QED) is 0.831. The van der Waals surface area contributed by atoms with Gasteiger partial charge in [0.05, 0.1) is 6.04 Å². The van der Waals surface area contributed by atoms with Crippen LogP contribution in [0.25, 0.3) is 0 Å². The van der Waals surface area contributed by atoms with Gasteiger partial charge in [-0.3, -0.25) is 0 Å². The number of hydrogen-bond acceptors (Lipinski definition) is 3. The second-order valence-corrected chi connectivity index (χ2v) is 10.1. The van der Waals surface area contributed by atoms with Crippen molar-refractivity contribution in [3.63, 3.8) is 0 Å². The van der Waals surface area contributed by atoms with E-state index in [9.17, 15) is 8.42 Å². The van der Waals surface area contributed by atoms with E-state index in [2.05, 4.69) is 0 Å². The van der Waals surface area contributed by atoms with Gasteiger partial charge in [-0.15, -0.1) is 11.8 Å². The molecule has 0 spiro atoms. The van der Waals surface area contributed by atoms with Crippen LogP contribution in [0.15, 0.2) is 65.6 Å². The van der Waals surface area contributed by atoms with Crippen LogP contribution < -0.4 is 0 Å². The van der Waals surface area contributed by atoms with Crippen molar-refractivity contribution in [3.8, 4) is 0 Å². The summed E-state index contributed by atoms with van der Waals surface area (Å²) >= 11 is 1.43. The maximum atomic E-state index is 12.9. The summed E-state index contributed by atoms with van der Waals surface area (Å²) in [7, 11) is -3.32. The molecule has 3 rings (SSSR count). The fourth-order valence-corrected chi connectivity index (χ4v) is 7.10. The lowest BCUT2D eigenvalue weighted by atomic mass is 10.0. The van der Waals surface area contributed by atoms with Crippen LogP contribution >= 0.6 is 11.8 Å². The number of rotatable bonds is 3. The molecule has 0 N–H and O–H groups in total. The highest BCUT2D eigenvalue weighted by molar-refractivity contribution is 8.13. The molecule has 0 amide bonds. The molecule has 1 heterocycles. The van der Waals surface area contributed by atoms with Gasteiger partial charge in [0.15, 0.2) is 0 Å². The van der Waals surface area contributed by atoms with Gasteiger partial charge < -0.3 is 0 Å². The standard InChI is InChI=1S/C18H21NO2S2/c1-18(2,3)19-16(14-10-6-4-7-11-14)17(23(19,20)21)22-15-12-8-5-9-13-15/h4-13,16-17H,1-3H3/t16-,17-/m1/s1. The first kappa shape index (κ1) is 16.6.